The SMILES string of the molecule is CCCCCCCCC=CCCCCCCCC(=O)NC(C)OC(=O)C(CC(=O)O)S(=O)(=O)O.[NaH].[NaH]. The number of unbranched alkanes of at least 4 members (excludes halogenated alkanes) is 11. The van der Waals surface area contributed by atoms with Crippen LogP contribution in [0.3, 0.4) is 0 Å². The van der Waals surface area contributed by atoms with E-state index < -0.39 is 40.0 Å². The Morgan fingerprint density at radius 2 is 1.33 bits per heavy atom. The standard InChI is InChI=1S/C24H43NO8S.2Na.2H/c1-3-4-5-6-7-8-9-10-11-12-13-14-15-16-17-18-22(26)25-20(2)33-24(29)21(19-23(27)28)34(30,31)32;;;;/h10-11,20-21H,3-9,12-19H2,1-2H3,(H,25,26)(H,27,28)(H,30,31,32);;;;. The van der Waals surface area contributed by atoms with E-state index in [9.17, 15) is 22.8 Å². The molecule has 1 amide bonds. The number of hydrogen-bond acceptors (Lipinski definition) is 6. The van der Waals surface area contributed by atoms with Crippen molar-refractivity contribution in [1.29, 1.82) is 0 Å². The summed E-state index contributed by atoms with van der Waals surface area (Å²) in [5.74, 6) is -3.38. The van der Waals surface area contributed by atoms with E-state index in [1.807, 2.05) is 0 Å². The van der Waals surface area contributed by atoms with Gasteiger partial charge in [0, 0.05) is 6.42 Å². The third kappa shape index (κ3) is 24.4. The van der Waals surface area contributed by atoms with E-state index in [2.05, 4.69) is 24.4 Å². The second-order valence-corrected chi connectivity index (χ2v) is 10.2. The number of carboxylic acid groups (broad SMARTS) is 1. The molecular weight excluding hydrogens is 508 g/mol. The fourth-order valence-electron chi connectivity index (χ4n) is 3.40. The predicted octanol–water partition coefficient (Wildman–Crippen LogP) is 3.46. The first-order chi connectivity index (χ1) is 16.1. The molecule has 3 N–H and O–H groups in total. The van der Waals surface area contributed by atoms with Crippen LogP contribution in [0.5, 0.6) is 0 Å². The van der Waals surface area contributed by atoms with Crippen LogP contribution in [0, 0.1) is 0 Å². The second-order valence-electron chi connectivity index (χ2n) is 8.58. The summed E-state index contributed by atoms with van der Waals surface area (Å²) in [4.78, 5) is 34.5. The average Bonchev–Trinajstić information content (AvgIpc) is 2.73. The normalized spacial score (nSPS) is 12.8. The quantitative estimate of drug-likeness (QED) is 0.0489. The zero-order valence-corrected chi connectivity index (χ0v) is 21.5. The minimum atomic E-state index is -4.94. The van der Waals surface area contributed by atoms with E-state index in [0.717, 1.165) is 38.5 Å². The van der Waals surface area contributed by atoms with Gasteiger partial charge in [0.25, 0.3) is 10.1 Å². The summed E-state index contributed by atoms with van der Waals surface area (Å²) in [5.41, 5.74) is 0. The monoisotopic (exact) mass is 553 g/mol. The van der Waals surface area contributed by atoms with Crippen LogP contribution in [0.1, 0.15) is 110 Å². The number of carboxylic acids is 1. The summed E-state index contributed by atoms with van der Waals surface area (Å²) >= 11 is 0. The molecule has 0 aromatic rings. The molecule has 36 heavy (non-hydrogen) atoms. The van der Waals surface area contributed by atoms with Crippen molar-refractivity contribution < 1.29 is 37.2 Å². The molecule has 0 aromatic carbocycles. The van der Waals surface area contributed by atoms with E-state index in [0.29, 0.717) is 6.42 Å². The number of aliphatic carboxylic acids is 1. The molecule has 0 saturated carbocycles. The fraction of sp³-hybridized carbons (Fsp3) is 0.792. The molecule has 0 fully saturated rings. The Hall–Kier alpha value is 0.0600. The molecule has 0 aliphatic carbocycles. The van der Waals surface area contributed by atoms with Crippen LogP contribution in [0.25, 0.3) is 0 Å². The molecule has 0 aliphatic heterocycles. The molecule has 0 spiro atoms. The van der Waals surface area contributed by atoms with Gasteiger partial charge in [-0.1, -0.05) is 70.4 Å². The van der Waals surface area contributed by atoms with E-state index in [4.69, 9.17) is 14.4 Å². The molecule has 0 rings (SSSR count). The maximum atomic E-state index is 11.9. The van der Waals surface area contributed by atoms with Crippen molar-refractivity contribution in [3.8, 4) is 0 Å². The Kier molecular flexibility index (Phi) is 28.6. The number of hydrogen-bond donors (Lipinski definition) is 3. The van der Waals surface area contributed by atoms with Crippen LogP contribution < -0.4 is 5.32 Å². The van der Waals surface area contributed by atoms with Crippen LogP contribution in [-0.2, 0) is 29.2 Å². The Balaban J connectivity index is -0.00000544. The summed E-state index contributed by atoms with van der Waals surface area (Å²) in [6.07, 6.45) is 17.4. The Labute approximate surface area is 261 Å². The zero-order valence-electron chi connectivity index (χ0n) is 20.7. The zero-order chi connectivity index (χ0) is 25.8. The summed E-state index contributed by atoms with van der Waals surface area (Å²) in [5, 5.41) is 8.85. The molecule has 2 unspecified atom stereocenters. The predicted molar refractivity (Wildman–Crippen MR) is 145 cm³/mol. The molecule has 0 heterocycles. The number of ether oxygens (including phenoxy) is 1. The second kappa shape index (κ2) is 25.3. The molecule has 0 aliphatic rings. The molecule has 9 nitrogen and oxygen atoms in total. The Morgan fingerprint density at radius 3 is 1.81 bits per heavy atom. The summed E-state index contributed by atoms with van der Waals surface area (Å²) < 4.78 is 36.1. The van der Waals surface area contributed by atoms with Gasteiger partial charge in [0.15, 0.2) is 11.5 Å². The number of carbonyl (C=O) groups is 3. The van der Waals surface area contributed by atoms with Gasteiger partial charge >= 0.3 is 71.1 Å². The first-order valence-corrected chi connectivity index (χ1v) is 13.9. The van der Waals surface area contributed by atoms with E-state index in [-0.39, 0.29) is 71.4 Å². The summed E-state index contributed by atoms with van der Waals surface area (Å²) in [6, 6.07) is 0. The van der Waals surface area contributed by atoms with Crippen molar-refractivity contribution in [3.05, 3.63) is 12.2 Å². The van der Waals surface area contributed by atoms with Gasteiger partial charge in [-0.25, -0.2) is 0 Å². The topological polar surface area (TPSA) is 147 Å². The summed E-state index contributed by atoms with van der Waals surface area (Å²) in [6.45, 7) is 3.54. The molecule has 0 bridgehead atoms. The summed E-state index contributed by atoms with van der Waals surface area (Å²) in [7, 11) is -4.94. The van der Waals surface area contributed by atoms with E-state index >= 15 is 0 Å². The van der Waals surface area contributed by atoms with Crippen LogP contribution in [0.4, 0.5) is 0 Å². The van der Waals surface area contributed by atoms with Gasteiger partial charge in [0.1, 0.15) is 0 Å². The van der Waals surface area contributed by atoms with Crippen molar-refractivity contribution >= 4 is 87.1 Å². The van der Waals surface area contributed by atoms with Gasteiger partial charge in [-0.2, -0.15) is 8.42 Å². The first kappa shape index (κ1) is 40.6. The molecular formula is C24H45NNa2O8S. The molecule has 2 atom stereocenters. The molecule has 12 heteroatoms. The van der Waals surface area contributed by atoms with Crippen LogP contribution in [-0.4, -0.2) is 107 Å². The molecule has 202 valence electrons. The third-order valence-corrected chi connectivity index (χ3v) is 6.38. The minimum absolute atomic E-state index is 0. The van der Waals surface area contributed by atoms with Crippen molar-refractivity contribution in [1.82, 2.24) is 5.32 Å². The van der Waals surface area contributed by atoms with Gasteiger partial charge in [0.2, 0.25) is 5.91 Å². The third-order valence-electron chi connectivity index (χ3n) is 5.31. The maximum absolute atomic E-state index is 11.9. The molecule has 0 aromatic heterocycles. The van der Waals surface area contributed by atoms with Crippen LogP contribution >= 0.6 is 0 Å². The first-order valence-electron chi connectivity index (χ1n) is 12.4. The van der Waals surface area contributed by atoms with Crippen molar-refractivity contribution in [2.45, 2.75) is 122 Å². The van der Waals surface area contributed by atoms with Crippen LogP contribution in [0.2, 0.25) is 0 Å². The van der Waals surface area contributed by atoms with Gasteiger partial charge in [-0.05, 0) is 39.0 Å². The van der Waals surface area contributed by atoms with Crippen molar-refractivity contribution in [3.63, 3.8) is 0 Å². The number of amides is 1. The number of allylic oxidation sites excluding steroid dienone is 2. The van der Waals surface area contributed by atoms with Gasteiger partial charge in [-0.15, -0.1) is 0 Å². The average molecular weight is 554 g/mol. The Bertz CT molecular complexity index is 732. The van der Waals surface area contributed by atoms with Gasteiger partial charge in [0.05, 0.1) is 6.42 Å². The van der Waals surface area contributed by atoms with Gasteiger partial charge < -0.3 is 15.2 Å². The molecule has 0 saturated heterocycles. The van der Waals surface area contributed by atoms with E-state index in [1.165, 1.54) is 45.4 Å². The fourth-order valence-corrected chi connectivity index (χ4v) is 4.06. The van der Waals surface area contributed by atoms with Gasteiger partial charge in [-0.3, -0.25) is 18.9 Å². The number of carbonyl (C=O) groups excluding carboxylic acids is 2. The molecule has 0 radical (unpaired) electrons. The van der Waals surface area contributed by atoms with Crippen molar-refractivity contribution in [2.75, 3.05) is 0 Å². The Morgan fingerprint density at radius 1 is 0.861 bits per heavy atom. The number of rotatable bonds is 21. The van der Waals surface area contributed by atoms with Crippen LogP contribution in [0.15, 0.2) is 12.2 Å². The van der Waals surface area contributed by atoms with E-state index in [1.54, 1.807) is 0 Å². The van der Waals surface area contributed by atoms with Crippen molar-refractivity contribution in [2.24, 2.45) is 0 Å². The number of esters is 1. The number of nitrogens with one attached hydrogen (secondary N) is 1.